The van der Waals surface area contributed by atoms with E-state index < -0.39 is 35.1 Å². The third-order valence-corrected chi connectivity index (χ3v) is 5.57. The maximum atomic E-state index is 14.9. The topological polar surface area (TPSA) is 114 Å². The van der Waals surface area contributed by atoms with Gasteiger partial charge in [0.25, 0.3) is 0 Å². The molecule has 4 N–H and O–H groups in total. The van der Waals surface area contributed by atoms with Crippen molar-refractivity contribution in [3.8, 4) is 11.1 Å². The summed E-state index contributed by atoms with van der Waals surface area (Å²) in [7, 11) is 0. The van der Waals surface area contributed by atoms with E-state index in [-0.39, 0.29) is 39.4 Å². The molecule has 186 valence electrons. The number of benzene rings is 2. The molecule has 0 aliphatic carbocycles. The number of fused-ring (bicyclic) bond motifs is 1. The lowest BCUT2D eigenvalue weighted by Crippen LogP contribution is -2.21. The number of carbonyl (C=O) groups is 2. The molecule has 2 heterocycles. The van der Waals surface area contributed by atoms with E-state index in [1.807, 2.05) is 5.32 Å². The monoisotopic (exact) mass is 568 g/mol. The van der Waals surface area contributed by atoms with Crippen LogP contribution in [0.4, 0.5) is 43.9 Å². The summed E-state index contributed by atoms with van der Waals surface area (Å²) in [6.07, 6.45) is -3.59. The van der Waals surface area contributed by atoms with Crippen molar-refractivity contribution in [3.63, 3.8) is 0 Å². The Morgan fingerprint density at radius 2 is 1.72 bits per heavy atom. The molecule has 0 saturated heterocycles. The maximum absolute atomic E-state index is 14.9. The molecule has 4 rings (SSSR count). The van der Waals surface area contributed by atoms with E-state index in [2.05, 4.69) is 31.3 Å². The molecule has 0 saturated carbocycles. The van der Waals surface area contributed by atoms with Gasteiger partial charge < -0.3 is 16.4 Å². The highest BCUT2D eigenvalue weighted by molar-refractivity contribution is 9.09. The molecule has 36 heavy (non-hydrogen) atoms. The third kappa shape index (κ3) is 4.84. The average Bonchev–Trinajstić information content (AvgIpc) is 3.21. The molecule has 2 aromatic carbocycles. The number of alkyl halides is 4. The van der Waals surface area contributed by atoms with Gasteiger partial charge in [0.05, 0.1) is 22.3 Å². The number of nitrogens with one attached hydrogen (secondary N) is 2. The highest BCUT2D eigenvalue weighted by Crippen LogP contribution is 2.33. The zero-order valence-corrected chi connectivity index (χ0v) is 19.4. The molecule has 2 aromatic heterocycles. The molecule has 14 heteroatoms. The number of carbonyl (C=O) groups excluding carboxylic acids is 2. The van der Waals surface area contributed by atoms with E-state index in [9.17, 15) is 31.5 Å². The zero-order valence-electron chi connectivity index (χ0n) is 17.8. The molecule has 4 aromatic rings. The largest absolute Gasteiger partial charge is 0.416 e. The highest BCUT2D eigenvalue weighted by atomic mass is 79.9. The Labute approximate surface area is 207 Å². The number of nitrogen functional groups attached to an aromatic ring is 1. The number of aromatic nitrogens is 3. The van der Waals surface area contributed by atoms with E-state index in [4.69, 9.17) is 5.73 Å². The highest BCUT2D eigenvalue weighted by Gasteiger charge is 2.31. The molecule has 0 spiro atoms. The van der Waals surface area contributed by atoms with Gasteiger partial charge in [-0.15, -0.1) is 0 Å². The van der Waals surface area contributed by atoms with Crippen LogP contribution in [-0.2, 0) is 6.18 Å². The lowest BCUT2D eigenvalue weighted by Gasteiger charge is -2.12. The number of urea groups is 1. The van der Waals surface area contributed by atoms with Crippen molar-refractivity contribution in [2.75, 3.05) is 21.7 Å². The predicted octanol–water partition coefficient (Wildman–Crippen LogP) is 5.50. The van der Waals surface area contributed by atoms with Crippen LogP contribution in [0.1, 0.15) is 16.1 Å². The van der Waals surface area contributed by atoms with E-state index >= 15 is 0 Å². The molecule has 8 nitrogen and oxygen atoms in total. The van der Waals surface area contributed by atoms with Crippen molar-refractivity contribution >= 4 is 50.5 Å². The lowest BCUT2D eigenvalue weighted by atomic mass is 10.1. The second-order valence-electron chi connectivity index (χ2n) is 7.37. The fourth-order valence-corrected chi connectivity index (χ4v) is 3.70. The number of Topliss-reactive ketones (excluding diaryl/α,β-unsaturated/α-hetero) is 1. The van der Waals surface area contributed by atoms with Gasteiger partial charge in [-0.25, -0.2) is 23.1 Å². The fraction of sp³-hybridized carbons (Fsp3) is 0.0909. The van der Waals surface area contributed by atoms with Crippen LogP contribution < -0.4 is 16.4 Å². The second-order valence-corrected chi connectivity index (χ2v) is 7.93. The number of nitrogens with zero attached hydrogens (tertiary/aromatic N) is 3. The zero-order chi connectivity index (χ0) is 26.2. The molecular weight excluding hydrogens is 555 g/mol. The number of ketones is 1. The number of rotatable bonds is 5. The van der Waals surface area contributed by atoms with Crippen LogP contribution in [-0.4, -0.2) is 31.7 Å². The number of hydrogen-bond acceptors (Lipinski definition) is 5. The van der Waals surface area contributed by atoms with Gasteiger partial charge in [0, 0.05) is 5.56 Å². The van der Waals surface area contributed by atoms with Crippen molar-refractivity contribution in [2.24, 2.45) is 0 Å². The van der Waals surface area contributed by atoms with E-state index in [0.29, 0.717) is 23.8 Å². The van der Waals surface area contributed by atoms with Crippen LogP contribution in [0.15, 0.2) is 48.8 Å². The molecule has 0 unspecified atom stereocenters. The average molecular weight is 569 g/mol. The molecule has 0 aliphatic rings. The summed E-state index contributed by atoms with van der Waals surface area (Å²) >= 11 is 3.08. The minimum absolute atomic E-state index is 0.00125. The Morgan fingerprint density at radius 3 is 2.39 bits per heavy atom. The van der Waals surface area contributed by atoms with Crippen LogP contribution in [0.25, 0.3) is 16.6 Å². The first-order valence-electron chi connectivity index (χ1n) is 9.95. The molecule has 0 aliphatic heterocycles. The Kier molecular flexibility index (Phi) is 6.63. The summed E-state index contributed by atoms with van der Waals surface area (Å²) < 4.78 is 68.6. The van der Waals surface area contributed by atoms with Crippen LogP contribution in [0, 0.1) is 11.6 Å². The molecule has 0 radical (unpaired) electrons. The van der Waals surface area contributed by atoms with Crippen molar-refractivity contribution in [3.05, 3.63) is 71.7 Å². The summed E-state index contributed by atoms with van der Waals surface area (Å²) in [6, 6.07) is 5.44. The summed E-state index contributed by atoms with van der Waals surface area (Å²) in [4.78, 5) is 28.4. The number of nitrogens with two attached hydrogens (primary N) is 1. The minimum atomic E-state index is -4.75. The third-order valence-electron chi connectivity index (χ3n) is 5.06. The quantitative estimate of drug-likeness (QED) is 0.167. The van der Waals surface area contributed by atoms with Gasteiger partial charge in [-0.05, 0) is 42.0 Å². The first-order valence-corrected chi connectivity index (χ1v) is 11.1. The van der Waals surface area contributed by atoms with E-state index in [1.54, 1.807) is 0 Å². The SMILES string of the molecule is Nc1ncnn2c(C(=O)CBr)cc(-c3ccc(NC(=O)Nc4cc(C(F)(F)F)ccc4F)c(F)c3)c12. The number of hydrogen-bond donors (Lipinski definition) is 3. The van der Waals surface area contributed by atoms with Crippen LogP contribution in [0.2, 0.25) is 0 Å². The number of halogens is 6. The molecular formula is C22H14BrF5N6O2. The summed E-state index contributed by atoms with van der Waals surface area (Å²) in [6.45, 7) is 0. The van der Waals surface area contributed by atoms with Crippen molar-refractivity contribution in [1.29, 1.82) is 0 Å². The van der Waals surface area contributed by atoms with Gasteiger partial charge in [0.15, 0.2) is 11.6 Å². The maximum Gasteiger partial charge on any atom is 0.416 e. The van der Waals surface area contributed by atoms with Crippen LogP contribution >= 0.6 is 15.9 Å². The number of amides is 2. The molecule has 0 fully saturated rings. The first-order chi connectivity index (χ1) is 17.0. The van der Waals surface area contributed by atoms with Gasteiger partial charge in [-0.1, -0.05) is 22.0 Å². The predicted molar refractivity (Wildman–Crippen MR) is 125 cm³/mol. The van der Waals surface area contributed by atoms with Gasteiger partial charge in [-0.3, -0.25) is 4.79 Å². The second kappa shape index (κ2) is 9.53. The standard InChI is InChI=1S/C22H14BrF5N6O2/c23-8-18(35)17-7-12(19-20(29)30-9-31-34(17)19)10-1-4-15(14(25)5-10)32-21(36)33-16-6-11(22(26,27)28)2-3-13(16)24/h1-7,9H,8H2,(H2,29,30,31)(H2,32,33,36). The molecule has 0 atom stereocenters. The van der Waals surface area contributed by atoms with Gasteiger partial charge in [-0.2, -0.15) is 18.3 Å². The van der Waals surface area contributed by atoms with Crippen molar-refractivity contribution < 1.29 is 31.5 Å². The Balaban J connectivity index is 1.62. The Morgan fingerprint density at radius 1 is 1.00 bits per heavy atom. The van der Waals surface area contributed by atoms with Crippen molar-refractivity contribution in [1.82, 2.24) is 14.6 Å². The Bertz CT molecular complexity index is 1500. The molecule has 2 amide bonds. The minimum Gasteiger partial charge on any atom is -0.382 e. The summed E-state index contributed by atoms with van der Waals surface area (Å²) in [5, 5.41) is 8.07. The van der Waals surface area contributed by atoms with Gasteiger partial charge in [0.1, 0.15) is 29.2 Å². The lowest BCUT2D eigenvalue weighted by molar-refractivity contribution is -0.137. The number of anilines is 3. The van der Waals surface area contributed by atoms with Gasteiger partial charge >= 0.3 is 12.2 Å². The smallest absolute Gasteiger partial charge is 0.382 e. The summed E-state index contributed by atoms with van der Waals surface area (Å²) in [5.41, 5.74) is 4.76. The first kappa shape index (κ1) is 25.0. The van der Waals surface area contributed by atoms with E-state index in [0.717, 1.165) is 12.4 Å². The fourth-order valence-electron chi connectivity index (χ4n) is 3.41. The normalized spacial score (nSPS) is 11.5. The van der Waals surface area contributed by atoms with Crippen LogP contribution in [0.5, 0.6) is 0 Å². The van der Waals surface area contributed by atoms with Gasteiger partial charge in [0.2, 0.25) is 0 Å². The van der Waals surface area contributed by atoms with Crippen LogP contribution in [0.3, 0.4) is 0 Å². The Hall–Kier alpha value is -4.07. The summed E-state index contributed by atoms with van der Waals surface area (Å²) in [5.74, 6) is -2.30. The molecule has 0 bridgehead atoms. The van der Waals surface area contributed by atoms with E-state index in [1.165, 1.54) is 22.7 Å². The van der Waals surface area contributed by atoms with Crippen molar-refractivity contribution in [2.45, 2.75) is 6.18 Å².